The minimum atomic E-state index is -3.60. The summed E-state index contributed by atoms with van der Waals surface area (Å²) in [5.41, 5.74) is 0. The summed E-state index contributed by atoms with van der Waals surface area (Å²) < 4.78 is 35.9. The van der Waals surface area contributed by atoms with E-state index in [9.17, 15) is 13.2 Å². The van der Waals surface area contributed by atoms with Crippen molar-refractivity contribution in [1.82, 2.24) is 5.32 Å². The van der Waals surface area contributed by atoms with Gasteiger partial charge in [0.2, 0.25) is 11.6 Å². The van der Waals surface area contributed by atoms with Gasteiger partial charge >= 0.3 is 0 Å². The molecule has 24 heavy (non-hydrogen) atoms. The summed E-state index contributed by atoms with van der Waals surface area (Å²) >= 11 is 0. The van der Waals surface area contributed by atoms with E-state index in [0.29, 0.717) is 6.54 Å². The van der Waals surface area contributed by atoms with Crippen molar-refractivity contribution in [3.05, 3.63) is 42.6 Å². The summed E-state index contributed by atoms with van der Waals surface area (Å²) in [5, 5.41) is 2.01. The highest BCUT2D eigenvalue weighted by Gasteiger charge is 2.42. The number of methoxy groups -OCH3 is 2. The summed E-state index contributed by atoms with van der Waals surface area (Å²) in [6, 6.07) is 8.11. The molecule has 1 unspecified atom stereocenters. The molecule has 0 fully saturated rings. The Labute approximate surface area is 143 Å². The minimum absolute atomic E-state index is 0.119. The van der Waals surface area contributed by atoms with Gasteiger partial charge in [-0.15, -0.1) is 0 Å². The van der Waals surface area contributed by atoms with Crippen LogP contribution in [-0.2, 0) is 24.1 Å². The van der Waals surface area contributed by atoms with Gasteiger partial charge in [-0.05, 0) is 26.0 Å². The predicted octanol–water partition coefficient (Wildman–Crippen LogP) is 1.92. The molecule has 0 aliphatic carbocycles. The van der Waals surface area contributed by atoms with Crippen LogP contribution in [0.1, 0.15) is 20.3 Å². The van der Waals surface area contributed by atoms with E-state index in [4.69, 9.17) is 9.47 Å². The number of rotatable bonds is 10. The number of sulfone groups is 1. The van der Waals surface area contributed by atoms with Crippen molar-refractivity contribution in [2.45, 2.75) is 36.2 Å². The molecule has 0 heterocycles. The quantitative estimate of drug-likeness (QED) is 0.510. The minimum Gasteiger partial charge on any atom is -0.391 e. The van der Waals surface area contributed by atoms with Crippen molar-refractivity contribution in [2.24, 2.45) is 0 Å². The summed E-state index contributed by atoms with van der Waals surface area (Å²) in [5.74, 6) is -2.10. The van der Waals surface area contributed by atoms with Crippen molar-refractivity contribution in [3.63, 3.8) is 0 Å². The Morgan fingerprint density at radius 1 is 1.25 bits per heavy atom. The maximum atomic E-state index is 12.7. The van der Waals surface area contributed by atoms with Gasteiger partial charge in [0.05, 0.1) is 10.1 Å². The van der Waals surface area contributed by atoms with Crippen LogP contribution in [0.3, 0.4) is 0 Å². The normalized spacial score (nSPS) is 13.8. The first-order valence-electron chi connectivity index (χ1n) is 7.67. The molecule has 0 radical (unpaired) electrons. The molecule has 0 amide bonds. The Morgan fingerprint density at radius 3 is 2.33 bits per heavy atom. The van der Waals surface area contributed by atoms with Gasteiger partial charge in [0, 0.05) is 39.5 Å². The van der Waals surface area contributed by atoms with Crippen LogP contribution >= 0.6 is 0 Å². The zero-order valence-corrected chi connectivity index (χ0v) is 15.3. The summed E-state index contributed by atoms with van der Waals surface area (Å²) in [6.45, 7) is 4.09. The molecule has 0 aromatic heterocycles. The second-order valence-corrected chi connectivity index (χ2v) is 7.66. The maximum Gasteiger partial charge on any atom is 0.233 e. The number of hydrogen-bond acceptors (Lipinski definition) is 6. The molecule has 1 rings (SSSR count). The standard InChI is InChI=1S/C17H25NO5S/c1-5-18-12-11-16(19)17(22-3,23-4)13-14(2)24(20,21)15-9-7-6-8-10-15/h6-12,14,18H,5,13H2,1-4H3/b12-11-. The molecule has 6 nitrogen and oxygen atoms in total. The third-order valence-electron chi connectivity index (χ3n) is 3.75. The maximum absolute atomic E-state index is 12.7. The van der Waals surface area contributed by atoms with Crippen molar-refractivity contribution >= 4 is 15.6 Å². The van der Waals surface area contributed by atoms with Gasteiger partial charge in [-0.25, -0.2) is 8.42 Å². The molecule has 0 aliphatic heterocycles. The van der Waals surface area contributed by atoms with E-state index in [1.54, 1.807) is 18.2 Å². The highest BCUT2D eigenvalue weighted by atomic mass is 32.2. The van der Waals surface area contributed by atoms with Gasteiger partial charge in [-0.3, -0.25) is 4.79 Å². The largest absolute Gasteiger partial charge is 0.391 e. The molecule has 1 aromatic carbocycles. The number of ether oxygens (including phenoxy) is 2. The van der Waals surface area contributed by atoms with E-state index in [2.05, 4.69) is 5.32 Å². The number of benzene rings is 1. The lowest BCUT2D eigenvalue weighted by Crippen LogP contribution is -2.45. The lowest BCUT2D eigenvalue weighted by molar-refractivity contribution is -0.205. The monoisotopic (exact) mass is 355 g/mol. The van der Waals surface area contributed by atoms with Crippen LogP contribution in [0, 0.1) is 0 Å². The van der Waals surface area contributed by atoms with Gasteiger partial charge < -0.3 is 14.8 Å². The summed E-state index contributed by atoms with van der Waals surface area (Å²) in [7, 11) is -0.955. The molecule has 0 bridgehead atoms. The fourth-order valence-electron chi connectivity index (χ4n) is 2.26. The highest BCUT2D eigenvalue weighted by molar-refractivity contribution is 7.92. The van der Waals surface area contributed by atoms with Crippen LogP contribution in [0.4, 0.5) is 0 Å². The average Bonchev–Trinajstić information content (AvgIpc) is 2.60. The number of hydrogen-bond donors (Lipinski definition) is 1. The molecular formula is C17H25NO5S. The first-order chi connectivity index (χ1) is 11.3. The van der Waals surface area contributed by atoms with Crippen LogP contribution < -0.4 is 5.32 Å². The first kappa shape index (κ1) is 20.3. The van der Waals surface area contributed by atoms with Crippen molar-refractivity contribution in [2.75, 3.05) is 20.8 Å². The fraction of sp³-hybridized carbons (Fsp3) is 0.471. The first-order valence-corrected chi connectivity index (χ1v) is 9.22. The Morgan fingerprint density at radius 2 is 1.83 bits per heavy atom. The second kappa shape index (κ2) is 8.96. The van der Waals surface area contributed by atoms with E-state index in [1.165, 1.54) is 45.6 Å². The van der Waals surface area contributed by atoms with Crippen LogP contribution in [0.15, 0.2) is 47.5 Å². The summed E-state index contributed by atoms with van der Waals surface area (Å²) in [4.78, 5) is 12.6. The van der Waals surface area contributed by atoms with Gasteiger partial charge in [0.15, 0.2) is 9.84 Å². The SMILES string of the molecule is CCN/C=C\C(=O)C(CC(C)S(=O)(=O)c1ccccc1)(OC)OC. The van der Waals surface area contributed by atoms with E-state index in [0.717, 1.165) is 0 Å². The number of ketones is 1. The zero-order chi connectivity index (χ0) is 18.2. The average molecular weight is 355 g/mol. The van der Waals surface area contributed by atoms with Crippen LogP contribution in [-0.4, -0.2) is 46.0 Å². The topological polar surface area (TPSA) is 81.7 Å². The Hall–Kier alpha value is -1.70. The number of carbonyl (C=O) groups excluding carboxylic acids is 1. The van der Waals surface area contributed by atoms with Crippen molar-refractivity contribution in [1.29, 1.82) is 0 Å². The van der Waals surface area contributed by atoms with Gasteiger partial charge in [-0.2, -0.15) is 0 Å². The third kappa shape index (κ3) is 4.66. The zero-order valence-electron chi connectivity index (χ0n) is 14.5. The van der Waals surface area contributed by atoms with Gasteiger partial charge in [-0.1, -0.05) is 18.2 Å². The van der Waals surface area contributed by atoms with Crippen molar-refractivity contribution in [3.8, 4) is 0 Å². The predicted molar refractivity (Wildman–Crippen MR) is 92.3 cm³/mol. The lowest BCUT2D eigenvalue weighted by Gasteiger charge is -2.30. The molecular weight excluding hydrogens is 330 g/mol. The molecule has 0 saturated carbocycles. The highest BCUT2D eigenvalue weighted by Crippen LogP contribution is 2.27. The number of nitrogens with one attached hydrogen (secondary N) is 1. The summed E-state index contributed by atoms with van der Waals surface area (Å²) in [6.07, 6.45) is 2.66. The second-order valence-electron chi connectivity index (χ2n) is 5.29. The molecule has 7 heteroatoms. The number of carbonyl (C=O) groups is 1. The molecule has 0 saturated heterocycles. The van der Waals surface area contributed by atoms with Crippen LogP contribution in [0.25, 0.3) is 0 Å². The Balaban J connectivity index is 3.05. The Kier molecular flexibility index (Phi) is 7.59. The molecule has 0 spiro atoms. The van der Waals surface area contributed by atoms with Crippen molar-refractivity contribution < 1.29 is 22.7 Å². The van der Waals surface area contributed by atoms with Gasteiger partial charge in [0.1, 0.15) is 0 Å². The third-order valence-corrected chi connectivity index (χ3v) is 5.90. The fourth-order valence-corrected chi connectivity index (χ4v) is 3.70. The smallest absolute Gasteiger partial charge is 0.233 e. The van der Waals surface area contributed by atoms with Crippen LogP contribution in [0.2, 0.25) is 0 Å². The van der Waals surface area contributed by atoms with Gasteiger partial charge in [0.25, 0.3) is 0 Å². The van der Waals surface area contributed by atoms with E-state index in [1.807, 2.05) is 6.92 Å². The molecule has 0 aliphatic rings. The molecule has 1 N–H and O–H groups in total. The van der Waals surface area contributed by atoms with Crippen LogP contribution in [0.5, 0.6) is 0 Å². The lowest BCUT2D eigenvalue weighted by atomic mass is 10.1. The Bertz CT molecular complexity index is 651. The molecule has 1 atom stereocenters. The molecule has 1 aromatic rings. The molecule has 134 valence electrons. The van der Waals surface area contributed by atoms with E-state index < -0.39 is 26.7 Å². The van der Waals surface area contributed by atoms with E-state index >= 15 is 0 Å². The van der Waals surface area contributed by atoms with E-state index in [-0.39, 0.29) is 11.3 Å².